The molecule has 0 bridgehead atoms. The Morgan fingerprint density at radius 1 is 1.35 bits per heavy atom. The molecule has 4 rings (SSSR count). The van der Waals surface area contributed by atoms with Crippen molar-refractivity contribution in [2.75, 3.05) is 19.8 Å². The number of aryl methyl sites for hydroxylation is 1. The van der Waals surface area contributed by atoms with Gasteiger partial charge < -0.3 is 18.5 Å². The van der Waals surface area contributed by atoms with Gasteiger partial charge in [0.1, 0.15) is 17.4 Å². The quantitative estimate of drug-likeness (QED) is 0.717. The summed E-state index contributed by atoms with van der Waals surface area (Å²) in [4.78, 5) is 19.3. The fourth-order valence-electron chi connectivity index (χ4n) is 3.00. The number of pyridine rings is 1. The molecule has 3 aromatic rings. The average molecular weight is 355 g/mol. The van der Waals surface area contributed by atoms with Gasteiger partial charge in [-0.25, -0.2) is 4.98 Å². The smallest absolute Gasteiger partial charge is 0.274 e. The second-order valence-corrected chi connectivity index (χ2v) is 6.82. The van der Waals surface area contributed by atoms with Gasteiger partial charge in [-0.1, -0.05) is 13.8 Å². The number of ether oxygens (including phenoxy) is 1. The van der Waals surface area contributed by atoms with Crippen molar-refractivity contribution in [2.45, 2.75) is 32.7 Å². The van der Waals surface area contributed by atoms with Crippen LogP contribution in [0.3, 0.4) is 0 Å². The van der Waals surface area contributed by atoms with Crippen molar-refractivity contribution in [2.24, 2.45) is 0 Å². The Bertz CT molecular complexity index is 945. The van der Waals surface area contributed by atoms with Gasteiger partial charge >= 0.3 is 0 Å². The van der Waals surface area contributed by atoms with Crippen molar-refractivity contribution in [1.82, 2.24) is 24.5 Å². The first-order chi connectivity index (χ1) is 12.5. The molecule has 0 aliphatic carbocycles. The lowest BCUT2D eigenvalue weighted by molar-refractivity contribution is -0.0110. The van der Waals surface area contributed by atoms with Gasteiger partial charge in [0.2, 0.25) is 11.8 Å². The van der Waals surface area contributed by atoms with E-state index in [2.05, 4.69) is 15.2 Å². The Morgan fingerprint density at radius 2 is 2.19 bits per heavy atom. The number of fused-ring (bicyclic) bond motifs is 1. The largest absolute Gasteiger partial charge is 0.423 e. The molecular formula is C18H21N5O3. The molecule has 26 heavy (non-hydrogen) atoms. The van der Waals surface area contributed by atoms with E-state index in [0.717, 1.165) is 11.2 Å². The summed E-state index contributed by atoms with van der Waals surface area (Å²) in [6, 6.07) is 3.52. The van der Waals surface area contributed by atoms with Crippen LogP contribution in [0.1, 0.15) is 53.6 Å². The maximum absolute atomic E-state index is 13.1. The standard InChI is InChI=1S/C18H21N5O3/c1-11(2)16-20-21-17(26-16)14-10-25-7-6-23(14)18(24)13-9-22-5-4-12(3)8-15(22)19-13/h4-5,8-9,11,14H,6-7,10H2,1-3H3/t14-/m1/s1. The SMILES string of the molecule is Cc1ccn2cc(C(=O)N3CCOC[C@@H]3c3nnc(C(C)C)o3)nc2c1. The minimum absolute atomic E-state index is 0.131. The molecule has 0 spiro atoms. The molecule has 136 valence electrons. The number of rotatable bonds is 3. The van der Waals surface area contributed by atoms with E-state index in [1.54, 1.807) is 11.1 Å². The number of imidazole rings is 1. The number of hydrogen-bond donors (Lipinski definition) is 0. The van der Waals surface area contributed by atoms with E-state index in [4.69, 9.17) is 9.15 Å². The van der Waals surface area contributed by atoms with Gasteiger partial charge in [-0.05, 0) is 24.6 Å². The van der Waals surface area contributed by atoms with E-state index in [-0.39, 0.29) is 11.8 Å². The van der Waals surface area contributed by atoms with E-state index in [1.165, 1.54) is 0 Å². The van der Waals surface area contributed by atoms with Crippen LogP contribution in [0.25, 0.3) is 5.65 Å². The predicted molar refractivity (Wildman–Crippen MR) is 92.9 cm³/mol. The molecule has 1 aliphatic rings. The van der Waals surface area contributed by atoms with E-state index in [9.17, 15) is 4.79 Å². The molecule has 1 aliphatic heterocycles. The van der Waals surface area contributed by atoms with Gasteiger partial charge in [0.15, 0.2) is 0 Å². The third-order valence-corrected chi connectivity index (χ3v) is 4.46. The maximum Gasteiger partial charge on any atom is 0.274 e. The lowest BCUT2D eigenvalue weighted by Gasteiger charge is -2.32. The van der Waals surface area contributed by atoms with E-state index >= 15 is 0 Å². The van der Waals surface area contributed by atoms with Crippen LogP contribution in [0, 0.1) is 6.92 Å². The van der Waals surface area contributed by atoms with Crippen LogP contribution in [0.2, 0.25) is 0 Å². The minimum Gasteiger partial charge on any atom is -0.423 e. The molecule has 0 saturated carbocycles. The highest BCUT2D eigenvalue weighted by Crippen LogP contribution is 2.26. The number of amides is 1. The number of hydrogen-bond acceptors (Lipinski definition) is 6. The fourth-order valence-corrected chi connectivity index (χ4v) is 3.00. The van der Waals surface area contributed by atoms with Crippen molar-refractivity contribution in [1.29, 1.82) is 0 Å². The van der Waals surface area contributed by atoms with Gasteiger partial charge in [0.05, 0.1) is 13.2 Å². The van der Waals surface area contributed by atoms with Crippen molar-refractivity contribution in [3.05, 3.63) is 47.6 Å². The van der Waals surface area contributed by atoms with Crippen molar-refractivity contribution in [3.8, 4) is 0 Å². The average Bonchev–Trinajstić information content (AvgIpc) is 3.28. The van der Waals surface area contributed by atoms with Crippen LogP contribution in [-0.4, -0.2) is 50.1 Å². The molecule has 0 unspecified atom stereocenters. The van der Waals surface area contributed by atoms with Crippen LogP contribution in [0.5, 0.6) is 0 Å². The van der Waals surface area contributed by atoms with Gasteiger partial charge in [-0.15, -0.1) is 10.2 Å². The summed E-state index contributed by atoms with van der Waals surface area (Å²) in [6.45, 7) is 7.22. The highest BCUT2D eigenvalue weighted by Gasteiger charge is 2.34. The summed E-state index contributed by atoms with van der Waals surface area (Å²) >= 11 is 0. The zero-order valence-corrected chi connectivity index (χ0v) is 15.0. The predicted octanol–water partition coefficient (Wildman–Crippen LogP) is 2.36. The minimum atomic E-state index is -0.400. The highest BCUT2D eigenvalue weighted by molar-refractivity contribution is 5.93. The molecule has 4 heterocycles. The molecule has 1 atom stereocenters. The van der Waals surface area contributed by atoms with Crippen LogP contribution < -0.4 is 0 Å². The van der Waals surface area contributed by atoms with Crippen molar-refractivity contribution < 1.29 is 13.9 Å². The molecule has 8 nitrogen and oxygen atoms in total. The monoisotopic (exact) mass is 355 g/mol. The van der Waals surface area contributed by atoms with E-state index in [1.807, 2.05) is 43.5 Å². The van der Waals surface area contributed by atoms with Crippen LogP contribution in [0.15, 0.2) is 28.9 Å². The molecule has 1 fully saturated rings. The molecule has 0 N–H and O–H groups in total. The second-order valence-electron chi connectivity index (χ2n) is 6.82. The summed E-state index contributed by atoms with van der Waals surface area (Å²) < 4.78 is 13.2. The zero-order chi connectivity index (χ0) is 18.3. The van der Waals surface area contributed by atoms with Crippen molar-refractivity contribution >= 4 is 11.6 Å². The zero-order valence-electron chi connectivity index (χ0n) is 15.0. The Balaban J connectivity index is 1.64. The number of nitrogens with zero attached hydrogens (tertiary/aromatic N) is 5. The second kappa shape index (κ2) is 6.53. The summed E-state index contributed by atoms with van der Waals surface area (Å²) in [5.41, 5.74) is 2.24. The lowest BCUT2D eigenvalue weighted by atomic mass is 10.2. The third kappa shape index (κ3) is 2.96. The Kier molecular flexibility index (Phi) is 4.20. The van der Waals surface area contributed by atoms with Crippen LogP contribution in [-0.2, 0) is 4.74 Å². The number of aromatic nitrogens is 4. The lowest BCUT2D eigenvalue weighted by Crippen LogP contribution is -2.43. The Labute approximate surface area is 150 Å². The van der Waals surface area contributed by atoms with Crippen LogP contribution >= 0.6 is 0 Å². The molecule has 3 aromatic heterocycles. The normalized spacial score (nSPS) is 18.0. The third-order valence-electron chi connectivity index (χ3n) is 4.46. The topological polar surface area (TPSA) is 85.8 Å². The molecule has 1 amide bonds. The number of carbonyl (C=O) groups is 1. The first-order valence-electron chi connectivity index (χ1n) is 8.70. The number of carbonyl (C=O) groups excluding carboxylic acids is 1. The first-order valence-corrected chi connectivity index (χ1v) is 8.70. The molecular weight excluding hydrogens is 334 g/mol. The molecule has 0 radical (unpaired) electrons. The number of morpholine rings is 1. The van der Waals surface area contributed by atoms with Gasteiger partial charge in [-0.2, -0.15) is 0 Å². The molecule has 8 heteroatoms. The fraction of sp³-hybridized carbons (Fsp3) is 0.444. The van der Waals surface area contributed by atoms with Gasteiger partial charge in [0, 0.05) is 24.9 Å². The molecule has 0 aromatic carbocycles. The maximum atomic E-state index is 13.1. The Morgan fingerprint density at radius 3 is 2.96 bits per heavy atom. The first kappa shape index (κ1) is 16.7. The van der Waals surface area contributed by atoms with Gasteiger partial charge in [0.25, 0.3) is 5.91 Å². The van der Waals surface area contributed by atoms with Crippen LogP contribution in [0.4, 0.5) is 0 Å². The van der Waals surface area contributed by atoms with E-state index < -0.39 is 6.04 Å². The highest BCUT2D eigenvalue weighted by atomic mass is 16.5. The summed E-state index contributed by atoms with van der Waals surface area (Å²) in [5, 5.41) is 8.20. The summed E-state index contributed by atoms with van der Waals surface area (Å²) in [6.07, 6.45) is 3.65. The summed E-state index contributed by atoms with van der Waals surface area (Å²) in [5.74, 6) is 0.929. The van der Waals surface area contributed by atoms with Crippen molar-refractivity contribution in [3.63, 3.8) is 0 Å². The van der Waals surface area contributed by atoms with Gasteiger partial charge in [-0.3, -0.25) is 4.79 Å². The van der Waals surface area contributed by atoms with E-state index in [0.29, 0.717) is 37.2 Å². The Hall–Kier alpha value is -2.74. The summed E-state index contributed by atoms with van der Waals surface area (Å²) in [7, 11) is 0. The molecule has 1 saturated heterocycles.